The average Bonchev–Trinajstić information content (AvgIpc) is 3.91. The van der Waals surface area contributed by atoms with Crippen LogP contribution in [0, 0.1) is 36.0 Å². The fraction of sp³-hybridized carbons (Fsp3) is 0.761. The maximum absolute atomic E-state index is 14.7. The summed E-state index contributed by atoms with van der Waals surface area (Å²) in [6.45, 7) is 19.4. The van der Waals surface area contributed by atoms with Gasteiger partial charge in [0.1, 0.15) is 30.2 Å². The molecule has 2 rings (SSSR count). The van der Waals surface area contributed by atoms with E-state index in [0.717, 1.165) is 12.8 Å². The lowest BCUT2D eigenvalue weighted by atomic mass is 9.91. The Morgan fingerprint density at radius 3 is 1.76 bits per heavy atom. The van der Waals surface area contributed by atoms with E-state index in [4.69, 9.17) is 6.42 Å². The third-order valence-electron chi connectivity index (χ3n) is 12.7. The molecule has 2 saturated heterocycles. The van der Waals surface area contributed by atoms with E-state index < -0.39 is 54.0 Å². The number of nitrogens with one attached hydrogen (secondary N) is 1. The van der Waals surface area contributed by atoms with E-state index in [1.54, 1.807) is 44.8 Å². The van der Waals surface area contributed by atoms with Gasteiger partial charge in [-0.15, -0.1) is 12.3 Å². The van der Waals surface area contributed by atoms with Crippen LogP contribution in [0.25, 0.3) is 0 Å². The van der Waals surface area contributed by atoms with Crippen molar-refractivity contribution in [1.29, 1.82) is 0 Å². The number of carbonyl (C=O) groups is 7. The highest BCUT2D eigenvalue weighted by Crippen LogP contribution is 2.29. The Bertz CT molecular complexity index is 1570. The first-order chi connectivity index (χ1) is 27.7. The molecule has 8 atom stereocenters. The smallest absolute Gasteiger partial charge is 0.247 e. The van der Waals surface area contributed by atoms with Crippen molar-refractivity contribution in [2.45, 2.75) is 170 Å². The van der Waals surface area contributed by atoms with Gasteiger partial charge in [0.25, 0.3) is 0 Å². The number of ketones is 1. The molecule has 6 amide bonds. The molecule has 2 aliphatic heterocycles. The lowest BCUT2D eigenvalue weighted by Crippen LogP contribution is -2.62. The van der Waals surface area contributed by atoms with Gasteiger partial charge in [-0.2, -0.15) is 0 Å². The van der Waals surface area contributed by atoms with Crippen LogP contribution >= 0.6 is 0 Å². The molecule has 0 aromatic heterocycles. The number of hydrogen-bond donors (Lipinski definition) is 1. The molecule has 2 fully saturated rings. The van der Waals surface area contributed by atoms with E-state index in [2.05, 4.69) is 11.2 Å². The van der Waals surface area contributed by atoms with Gasteiger partial charge in [0.2, 0.25) is 35.4 Å². The fourth-order valence-electron chi connectivity index (χ4n) is 8.66. The molecule has 332 valence electrons. The Morgan fingerprint density at radius 2 is 1.24 bits per heavy atom. The van der Waals surface area contributed by atoms with E-state index in [0.29, 0.717) is 70.0 Å². The van der Waals surface area contributed by atoms with Crippen LogP contribution in [-0.4, -0.2) is 136 Å². The summed E-state index contributed by atoms with van der Waals surface area (Å²) < 4.78 is 0. The van der Waals surface area contributed by atoms with Crippen molar-refractivity contribution < 1.29 is 33.6 Å². The standard InChI is InChI=1S/C46H76N6O7/c1-15-19-20-21-24-33(11)41(54)47-37(31(9)16-2)43(56)50(14)40(32(10)17-3)45(58)48(12)38(29(5)6)44(57)49(13)39(30(7)8)46(59)52-28-23-26-35(52)42(55)51-27-22-25-34(51)36(53)18-4/h1,24,29-32,34-35,37-40H,16-23,25-28H2,2-14H3,(H,47,54). The number of amides is 6. The Labute approximate surface area is 355 Å². The summed E-state index contributed by atoms with van der Waals surface area (Å²) in [5.41, 5.74) is 0.483. The van der Waals surface area contributed by atoms with Gasteiger partial charge in [-0.25, -0.2) is 0 Å². The molecule has 0 aliphatic carbocycles. The summed E-state index contributed by atoms with van der Waals surface area (Å²) in [5.74, 6) is -0.773. The highest BCUT2D eigenvalue weighted by molar-refractivity contribution is 5.99. The summed E-state index contributed by atoms with van der Waals surface area (Å²) in [6, 6.07) is -4.93. The molecule has 0 aromatic rings. The number of allylic oxidation sites excluding steroid dienone is 1. The molecule has 0 saturated carbocycles. The number of nitrogens with zero attached hydrogens (tertiary/aromatic N) is 5. The average molecular weight is 825 g/mol. The molecule has 59 heavy (non-hydrogen) atoms. The summed E-state index contributed by atoms with van der Waals surface area (Å²) in [5, 5.41) is 2.94. The van der Waals surface area contributed by atoms with Gasteiger partial charge in [0.05, 0.1) is 6.04 Å². The second kappa shape index (κ2) is 23.5. The van der Waals surface area contributed by atoms with Crippen molar-refractivity contribution >= 4 is 41.2 Å². The second-order valence-electron chi connectivity index (χ2n) is 17.6. The second-order valence-corrected chi connectivity index (χ2v) is 17.6. The summed E-state index contributed by atoms with van der Waals surface area (Å²) in [4.78, 5) is 106. The van der Waals surface area contributed by atoms with Gasteiger partial charge in [-0.05, 0) is 69.1 Å². The van der Waals surface area contributed by atoms with E-state index in [-0.39, 0.29) is 47.2 Å². The summed E-state index contributed by atoms with van der Waals surface area (Å²) >= 11 is 0. The minimum absolute atomic E-state index is 0.0230. The monoisotopic (exact) mass is 825 g/mol. The highest BCUT2D eigenvalue weighted by atomic mass is 16.2. The quantitative estimate of drug-likeness (QED) is 0.0967. The van der Waals surface area contributed by atoms with E-state index in [1.165, 1.54) is 14.7 Å². The summed E-state index contributed by atoms with van der Waals surface area (Å²) in [6.07, 6.45) is 13.1. The Kier molecular flexibility index (Phi) is 20.3. The van der Waals surface area contributed by atoms with Crippen LogP contribution in [0.1, 0.15) is 133 Å². The SMILES string of the molecule is C#CCCCC=C(C)C(=O)NC(C(=O)N(C)C(C(=O)N(C)C(C(=O)N(C)C(C(=O)N1CCCC1C(=O)N1CCCC1C(=O)CC)C(C)C)C(C)C)C(C)CC)C(C)CC. The maximum atomic E-state index is 14.7. The molecule has 0 radical (unpaired) electrons. The number of unbranched alkanes of at least 4 members (excludes halogenated alkanes) is 2. The zero-order valence-electron chi connectivity index (χ0n) is 38.5. The van der Waals surface area contributed by atoms with E-state index in [1.807, 2.05) is 61.5 Å². The van der Waals surface area contributed by atoms with Crippen molar-refractivity contribution in [2.75, 3.05) is 34.2 Å². The van der Waals surface area contributed by atoms with Gasteiger partial charge in [-0.3, -0.25) is 33.6 Å². The minimum Gasteiger partial charge on any atom is -0.340 e. The van der Waals surface area contributed by atoms with Crippen molar-refractivity contribution in [3.05, 3.63) is 11.6 Å². The number of carbonyl (C=O) groups excluding carboxylic acids is 7. The molecule has 2 heterocycles. The molecular formula is C46H76N6O7. The number of Topliss-reactive ketones (excluding diaryl/α,β-unsaturated/α-hetero) is 1. The minimum atomic E-state index is -0.981. The van der Waals surface area contributed by atoms with Gasteiger partial charge >= 0.3 is 0 Å². The highest BCUT2D eigenvalue weighted by Gasteiger charge is 2.47. The van der Waals surface area contributed by atoms with Crippen LogP contribution in [0.3, 0.4) is 0 Å². The number of rotatable bonds is 21. The molecular weight excluding hydrogens is 749 g/mol. The largest absolute Gasteiger partial charge is 0.340 e. The van der Waals surface area contributed by atoms with Crippen LogP contribution in [0.5, 0.6) is 0 Å². The molecule has 0 spiro atoms. The molecule has 0 aromatic carbocycles. The third-order valence-corrected chi connectivity index (χ3v) is 12.7. The first-order valence-corrected chi connectivity index (χ1v) is 22.1. The van der Waals surface area contributed by atoms with Crippen LogP contribution in [0.4, 0.5) is 0 Å². The molecule has 8 unspecified atom stereocenters. The van der Waals surface area contributed by atoms with Crippen molar-refractivity contribution in [3.63, 3.8) is 0 Å². The number of hydrogen-bond acceptors (Lipinski definition) is 7. The van der Waals surface area contributed by atoms with Gasteiger partial charge in [-0.1, -0.05) is 81.2 Å². The zero-order valence-corrected chi connectivity index (χ0v) is 38.5. The first-order valence-electron chi connectivity index (χ1n) is 22.1. The Balaban J connectivity index is 2.41. The number of likely N-dealkylation sites (tertiary alicyclic amines) is 2. The lowest BCUT2D eigenvalue weighted by Gasteiger charge is -2.42. The van der Waals surface area contributed by atoms with Gasteiger partial charge in [0, 0.05) is 52.6 Å². The van der Waals surface area contributed by atoms with E-state index in [9.17, 15) is 33.6 Å². The normalized spacial score (nSPS) is 20.0. The number of terminal acetylenes is 1. The predicted octanol–water partition coefficient (Wildman–Crippen LogP) is 5.07. The maximum Gasteiger partial charge on any atom is 0.247 e. The third kappa shape index (κ3) is 12.4. The van der Waals surface area contributed by atoms with Crippen LogP contribution in [0.15, 0.2) is 11.6 Å². The fourth-order valence-corrected chi connectivity index (χ4v) is 8.66. The van der Waals surface area contributed by atoms with Crippen LogP contribution < -0.4 is 5.32 Å². The molecule has 13 nitrogen and oxygen atoms in total. The van der Waals surface area contributed by atoms with Crippen molar-refractivity contribution in [3.8, 4) is 12.3 Å². The van der Waals surface area contributed by atoms with Gasteiger partial charge in [0.15, 0.2) is 5.78 Å². The Hall–Kier alpha value is -4.21. The molecule has 0 bridgehead atoms. The topological polar surface area (TPSA) is 148 Å². The lowest BCUT2D eigenvalue weighted by molar-refractivity contribution is -0.158. The zero-order chi connectivity index (χ0) is 44.9. The molecule has 2 aliphatic rings. The van der Waals surface area contributed by atoms with Crippen LogP contribution in [0.2, 0.25) is 0 Å². The summed E-state index contributed by atoms with van der Waals surface area (Å²) in [7, 11) is 4.73. The number of likely N-dealkylation sites (N-methyl/N-ethyl adjacent to an activating group) is 3. The Morgan fingerprint density at radius 1 is 0.729 bits per heavy atom. The molecule has 13 heteroatoms. The first kappa shape index (κ1) is 50.9. The van der Waals surface area contributed by atoms with Gasteiger partial charge < -0.3 is 29.8 Å². The van der Waals surface area contributed by atoms with Crippen LogP contribution in [-0.2, 0) is 33.6 Å². The van der Waals surface area contributed by atoms with Crippen molar-refractivity contribution in [2.24, 2.45) is 23.7 Å². The molecule has 1 N–H and O–H groups in total. The van der Waals surface area contributed by atoms with E-state index >= 15 is 0 Å². The van der Waals surface area contributed by atoms with Crippen molar-refractivity contribution in [1.82, 2.24) is 29.8 Å². The predicted molar refractivity (Wildman–Crippen MR) is 231 cm³/mol.